The van der Waals surface area contributed by atoms with Crippen LogP contribution in [0.2, 0.25) is 169 Å². The maximum absolute atomic E-state index is 8.03. The minimum absolute atomic E-state index is 0.242. The lowest BCUT2D eigenvalue weighted by molar-refractivity contribution is 0.148. The zero-order valence-corrected chi connectivity index (χ0v) is 74.0. The zero-order valence-electron chi connectivity index (χ0n) is 55.8. The molecular weight excluding hydrogens is 1330 g/mol. The summed E-state index contributed by atoms with van der Waals surface area (Å²) in [5, 5.41) is 0. The lowest BCUT2D eigenvalue weighted by atomic mass is 10.1. The van der Waals surface area contributed by atoms with Gasteiger partial charge in [-0.1, -0.05) is 96.3 Å². The normalized spacial score (nSPS) is 33.3. The zero-order chi connectivity index (χ0) is 60.8. The minimum Gasteiger partial charge on any atom is -0.460 e. The second kappa shape index (κ2) is 39.1. The second-order valence-electron chi connectivity index (χ2n) is 27.5. The molecule has 4 aliphatic heterocycles. The van der Waals surface area contributed by atoms with E-state index in [1.807, 2.05) is 0 Å². The van der Waals surface area contributed by atoms with Crippen LogP contribution < -0.4 is 0 Å². The Hall–Kier alpha value is 3.09. The molecule has 5 rings (SSSR count). The summed E-state index contributed by atoms with van der Waals surface area (Å²) in [6, 6.07) is 12.0. The number of hydrogen-bond donors (Lipinski definition) is 0. The molecule has 4 saturated heterocycles. The molecule has 15 unspecified atom stereocenters. The molecule has 0 spiro atoms. The van der Waals surface area contributed by atoms with Gasteiger partial charge in [0, 0.05) is 24.4 Å². The van der Waals surface area contributed by atoms with Crippen molar-refractivity contribution in [3.05, 3.63) is 0 Å². The third-order valence-electron chi connectivity index (χ3n) is 16.8. The first-order valence-corrected chi connectivity index (χ1v) is 70.2. The highest BCUT2D eigenvalue weighted by Gasteiger charge is 2.58. The molecule has 6 radical (unpaired) electrons. The van der Waals surface area contributed by atoms with Gasteiger partial charge in [-0.25, -0.2) is 0 Å². The van der Waals surface area contributed by atoms with Crippen LogP contribution >= 0.6 is 0 Å². The van der Waals surface area contributed by atoms with Crippen LogP contribution in [0.1, 0.15) is 124 Å². The van der Waals surface area contributed by atoms with Crippen molar-refractivity contribution >= 4 is 154 Å². The summed E-state index contributed by atoms with van der Waals surface area (Å²) in [6.45, 7) is 41.8. The standard InChI is InChI=1S/C51H122O15Si17/c1-46-40-70(7)59-79(62-73(10)52-46)37-28-20-19-25-34-67-56-83(64-80(13,14)38-29-23-21-26-35-76-43-49(4)53-72(9)60-75(12)61-76,65-81(15,16)39-30-24-22-27-36-78-55-48(3)42-69(6)58-74(11)63-78)66-82(17,18)51-33-31-32-50(51)44-77-45-71(8)57-68(5)41-47(2)54-77/h46-51,68-75H,19-45H2,1-18H3. The van der Waals surface area contributed by atoms with Crippen molar-refractivity contribution in [1.29, 1.82) is 0 Å². The largest absolute Gasteiger partial charge is 0.636 e. The predicted molar refractivity (Wildman–Crippen MR) is 379 cm³/mol. The van der Waals surface area contributed by atoms with Gasteiger partial charge >= 0.3 is 46.2 Å². The highest BCUT2D eigenvalue weighted by molar-refractivity contribution is 6.90. The molecule has 83 heavy (non-hydrogen) atoms. The first-order valence-electron chi connectivity index (χ1n) is 33.4. The molecule has 0 aromatic carbocycles. The molecule has 4 heterocycles. The van der Waals surface area contributed by atoms with Crippen LogP contribution in [0, 0.1) is 5.92 Å². The van der Waals surface area contributed by atoms with Gasteiger partial charge in [-0.05, 0) is 203 Å². The Labute approximate surface area is 536 Å². The summed E-state index contributed by atoms with van der Waals surface area (Å²) in [4.78, 5) is 0. The third-order valence-corrected chi connectivity index (χ3v) is 70.1. The molecular formula is C51H122O15Si17. The molecule has 15 atom stereocenters. The van der Waals surface area contributed by atoms with Crippen molar-refractivity contribution in [2.24, 2.45) is 5.92 Å². The molecule has 5 aliphatic rings. The molecule has 484 valence electrons. The van der Waals surface area contributed by atoms with E-state index in [4.69, 9.17) is 63.0 Å². The first kappa shape index (κ1) is 76.8. The lowest BCUT2D eigenvalue weighted by Crippen LogP contribution is -2.65. The molecule has 5 fully saturated rings. The Kier molecular flexibility index (Phi) is 36.2. The summed E-state index contributed by atoms with van der Waals surface area (Å²) in [7, 11) is -26.5. The van der Waals surface area contributed by atoms with Crippen molar-refractivity contribution in [3.8, 4) is 0 Å². The van der Waals surface area contributed by atoms with Crippen molar-refractivity contribution in [1.82, 2.24) is 0 Å². The van der Waals surface area contributed by atoms with Crippen molar-refractivity contribution in [3.63, 3.8) is 0 Å². The van der Waals surface area contributed by atoms with Crippen LogP contribution in [0.15, 0.2) is 0 Å². The van der Waals surface area contributed by atoms with Crippen molar-refractivity contribution in [2.75, 3.05) is 0 Å². The van der Waals surface area contributed by atoms with Crippen LogP contribution in [0.4, 0.5) is 0 Å². The van der Waals surface area contributed by atoms with Gasteiger partial charge in [-0.3, -0.25) is 0 Å². The predicted octanol–water partition coefficient (Wildman–Crippen LogP) is 12.1. The Morgan fingerprint density at radius 3 is 1.71 bits per heavy atom. The quantitative estimate of drug-likeness (QED) is 0.0466. The topological polar surface area (TPSA) is 138 Å². The number of hydrogen-bond acceptors (Lipinski definition) is 15. The summed E-state index contributed by atoms with van der Waals surface area (Å²) >= 11 is 0. The Bertz CT molecular complexity index is 1660. The van der Waals surface area contributed by atoms with Gasteiger partial charge in [0.2, 0.25) is 27.8 Å². The van der Waals surface area contributed by atoms with E-state index in [0.717, 1.165) is 86.5 Å². The van der Waals surface area contributed by atoms with Crippen LogP contribution in [0.3, 0.4) is 0 Å². The maximum Gasteiger partial charge on any atom is 0.636 e. The van der Waals surface area contributed by atoms with Gasteiger partial charge in [-0.2, -0.15) is 0 Å². The van der Waals surface area contributed by atoms with Gasteiger partial charge in [0.15, 0.2) is 61.1 Å². The average molecular weight is 1450 g/mol. The van der Waals surface area contributed by atoms with Crippen LogP contribution in [-0.4, -0.2) is 178 Å². The second-order valence-corrected chi connectivity index (χ2v) is 72.6. The van der Waals surface area contributed by atoms with E-state index in [-0.39, 0.29) is 28.1 Å². The molecule has 1 aliphatic carbocycles. The summed E-state index contributed by atoms with van der Waals surface area (Å²) in [6.07, 6.45) is 18.8. The van der Waals surface area contributed by atoms with E-state index in [9.17, 15) is 0 Å². The van der Waals surface area contributed by atoms with Gasteiger partial charge < -0.3 is 63.0 Å². The fourth-order valence-electron chi connectivity index (χ4n) is 13.4. The number of unbranched alkanes of at least 4 members (excludes halogenated alkanes) is 9. The highest BCUT2D eigenvalue weighted by Crippen LogP contribution is 2.48. The molecule has 15 nitrogen and oxygen atoms in total. The van der Waals surface area contributed by atoms with E-state index < -0.39 is 144 Å². The van der Waals surface area contributed by atoms with Crippen molar-refractivity contribution in [2.45, 2.75) is 318 Å². The Morgan fingerprint density at radius 1 is 0.482 bits per heavy atom. The van der Waals surface area contributed by atoms with E-state index in [0.29, 0.717) is 17.6 Å². The Morgan fingerprint density at radius 2 is 1.04 bits per heavy atom. The molecule has 0 bridgehead atoms. The maximum atomic E-state index is 8.03. The van der Waals surface area contributed by atoms with E-state index in [1.165, 1.54) is 82.0 Å². The average Bonchev–Trinajstić information content (AvgIpc) is 3.79. The smallest absolute Gasteiger partial charge is 0.460 e. The van der Waals surface area contributed by atoms with Gasteiger partial charge in [0.05, 0.1) is 0 Å². The molecule has 0 N–H and O–H groups in total. The highest BCUT2D eigenvalue weighted by atomic mass is 28.5. The summed E-state index contributed by atoms with van der Waals surface area (Å²) in [5.74, 6) is 0.604. The molecule has 1 saturated carbocycles. The van der Waals surface area contributed by atoms with E-state index >= 15 is 0 Å². The van der Waals surface area contributed by atoms with Crippen LogP contribution in [0.25, 0.3) is 0 Å². The third kappa shape index (κ3) is 31.3. The van der Waals surface area contributed by atoms with E-state index in [2.05, 4.69) is 119 Å². The van der Waals surface area contributed by atoms with Gasteiger partial charge in [0.25, 0.3) is 18.6 Å². The van der Waals surface area contributed by atoms with Crippen LogP contribution in [0.5, 0.6) is 0 Å². The lowest BCUT2D eigenvalue weighted by Gasteiger charge is -2.46. The minimum atomic E-state index is -3.70. The molecule has 0 amide bonds. The fourth-order valence-corrected chi connectivity index (χ4v) is 68.8. The first-order chi connectivity index (χ1) is 39.2. The summed E-state index contributed by atoms with van der Waals surface area (Å²) in [5.41, 5.74) is 1.72. The Balaban J connectivity index is 1.30. The molecule has 32 heteroatoms. The number of rotatable bonds is 32. The monoisotopic (exact) mass is 1450 g/mol. The molecule has 0 aromatic heterocycles. The van der Waals surface area contributed by atoms with Gasteiger partial charge in [0.1, 0.15) is 0 Å². The summed E-state index contributed by atoms with van der Waals surface area (Å²) < 4.78 is 103. The fraction of sp³-hybridized carbons (Fsp3) is 1.00. The van der Waals surface area contributed by atoms with Gasteiger partial charge in [-0.15, -0.1) is 0 Å². The van der Waals surface area contributed by atoms with E-state index in [1.54, 1.807) is 0 Å². The molecule has 0 aromatic rings. The van der Waals surface area contributed by atoms with Crippen molar-refractivity contribution < 1.29 is 63.0 Å². The SMILES string of the molecule is CC1C[SiH](C)O[SiH](C)C[Si](CC2CCCC2[Si](C)(C)O[Si](O[Si]CCCCCC[Si]2O[SiH](C)CC(C)O[SiH](C)O2)(O[Si](C)(C)CCCCCC[Si]2CC(C)O[SiH](C)O[SiH](C)O2)O[Si](C)(C)CCCCCC[Si]2OC(C)C[SiH](C)O[SiH](C)O2)O1. The van der Waals surface area contributed by atoms with Crippen LogP contribution in [-0.2, 0) is 63.0 Å².